The van der Waals surface area contributed by atoms with Gasteiger partial charge in [-0.25, -0.2) is 4.79 Å². The molecule has 0 N–H and O–H groups in total. The lowest BCUT2D eigenvalue weighted by atomic mass is 10.7. The van der Waals surface area contributed by atoms with Crippen molar-refractivity contribution >= 4 is 16.9 Å². The Hall–Kier alpha value is -0.613. The third-order valence-corrected chi connectivity index (χ3v) is 0.426. The first kappa shape index (κ1) is 11.2. The molecule has 0 aliphatic heterocycles. The van der Waals surface area contributed by atoms with Gasteiger partial charge in [0.1, 0.15) is 0 Å². The van der Waals surface area contributed by atoms with Crippen LogP contribution in [0.2, 0.25) is 0 Å². The Morgan fingerprint density at radius 3 is 2.67 bits per heavy atom. The highest BCUT2D eigenvalue weighted by molar-refractivity contribution is 5.80. The maximum atomic E-state index is 10.1. The van der Waals surface area contributed by atoms with Gasteiger partial charge in [-0.1, -0.05) is 6.58 Å². The van der Waals surface area contributed by atoms with E-state index in [4.69, 9.17) is 0 Å². The first-order valence-electron chi connectivity index (χ1n) is 2.27. The molecule has 0 aliphatic carbocycles. The van der Waals surface area contributed by atoms with Gasteiger partial charge in [0.25, 0.3) is 0 Å². The van der Waals surface area contributed by atoms with Crippen LogP contribution in [-0.4, -0.2) is 23.5 Å². The van der Waals surface area contributed by atoms with Gasteiger partial charge in [0.2, 0.25) is 0 Å². The molecule has 4 heteroatoms. The van der Waals surface area contributed by atoms with E-state index in [0.717, 1.165) is 6.08 Å². The number of rotatable bonds is 3. The van der Waals surface area contributed by atoms with Crippen LogP contribution in [0.4, 0.5) is 0 Å². The lowest BCUT2D eigenvalue weighted by Crippen LogP contribution is -2.00. The molecule has 0 aromatic heterocycles. The summed E-state index contributed by atoms with van der Waals surface area (Å²) in [7, 11) is 0. The van der Waals surface area contributed by atoms with Crippen LogP contribution in [0, 0.1) is 0 Å². The quantitative estimate of drug-likeness (QED) is 0.228. The molecule has 54 valence electrons. The molecule has 0 radical (unpaired) electrons. The van der Waals surface area contributed by atoms with Gasteiger partial charge in [-0.15, -0.1) is 0 Å². The molecule has 0 rings (SSSR count). The molecule has 0 spiro atoms. The van der Waals surface area contributed by atoms with E-state index in [1.807, 2.05) is 0 Å². The molecule has 0 aromatic rings. The Bertz CT molecular complexity index is 92.2. The summed E-state index contributed by atoms with van der Waals surface area (Å²) in [5.74, 6) is -0.563. The Morgan fingerprint density at radius 2 is 2.33 bits per heavy atom. The first-order valence-corrected chi connectivity index (χ1v) is 2.27. The molecule has 0 bridgehead atoms. The fourth-order valence-corrected chi connectivity index (χ4v) is 0.151. The summed E-state index contributed by atoms with van der Waals surface area (Å²) in [6, 6.07) is 0. The third-order valence-electron chi connectivity index (χ3n) is 0.426. The van der Waals surface area contributed by atoms with Gasteiger partial charge in [0.05, 0.1) is 6.61 Å². The second-order valence-electron chi connectivity index (χ2n) is 1.01. The van der Waals surface area contributed by atoms with Gasteiger partial charge >= 0.3 is 5.97 Å². The predicted molar refractivity (Wildman–Crippen MR) is 39.2 cm³/mol. The second kappa shape index (κ2) is 7.39. The molecule has 9 heavy (non-hydrogen) atoms. The van der Waals surface area contributed by atoms with Crippen LogP contribution in [-0.2, 0) is 14.6 Å². The summed E-state index contributed by atoms with van der Waals surface area (Å²) < 4.78 is 0. The number of hydrogen-bond acceptors (Lipinski definition) is 3. The molecule has 0 amide bonds. The van der Waals surface area contributed by atoms with Gasteiger partial charge in [-0.2, -0.15) is 4.89 Å². The molecule has 0 aromatic carbocycles. The van der Waals surface area contributed by atoms with Crippen molar-refractivity contribution in [3.63, 3.8) is 0 Å². The lowest BCUT2D eigenvalue weighted by Gasteiger charge is -1.93. The van der Waals surface area contributed by atoms with E-state index in [1.54, 1.807) is 6.92 Å². The fraction of sp³-hybridized carbons (Fsp3) is 0.400. The molecule has 3 nitrogen and oxygen atoms in total. The minimum atomic E-state index is -0.563. The van der Waals surface area contributed by atoms with E-state index in [1.165, 1.54) is 0 Å². The molecule has 0 heterocycles. The Kier molecular flexibility index (Phi) is 9.21. The molecule has 0 unspecified atom stereocenters. The lowest BCUT2D eigenvalue weighted by molar-refractivity contribution is -0.264. The van der Waals surface area contributed by atoms with E-state index in [2.05, 4.69) is 16.4 Å². The molecule has 0 atom stereocenters. The van der Waals surface area contributed by atoms with Crippen LogP contribution >= 0.6 is 0 Å². The summed E-state index contributed by atoms with van der Waals surface area (Å²) >= 11 is 0. The van der Waals surface area contributed by atoms with Crippen molar-refractivity contribution in [1.29, 1.82) is 0 Å². The van der Waals surface area contributed by atoms with Crippen LogP contribution in [0.25, 0.3) is 0 Å². The van der Waals surface area contributed by atoms with Gasteiger partial charge < -0.3 is 0 Å². The predicted octanol–water partition coefficient (Wildman–Crippen LogP) is -0.785. The van der Waals surface area contributed by atoms with Crippen molar-refractivity contribution in [1.82, 2.24) is 0 Å². The standard InChI is InChI=1S/C5H8O3.H4Si/c1-3-5(6)8-7-4-2;/h3H,1,4H2,2H3;1H4. The summed E-state index contributed by atoms with van der Waals surface area (Å²) in [5.41, 5.74) is 0. The highest BCUT2D eigenvalue weighted by Gasteiger charge is 1.91. The van der Waals surface area contributed by atoms with Crippen molar-refractivity contribution in [2.24, 2.45) is 0 Å². The zero-order valence-corrected chi connectivity index (χ0v) is 4.72. The van der Waals surface area contributed by atoms with Crippen molar-refractivity contribution in [3.8, 4) is 0 Å². The van der Waals surface area contributed by atoms with Crippen LogP contribution in [0.15, 0.2) is 12.7 Å². The molecule has 0 aliphatic rings. The maximum absolute atomic E-state index is 10.1. The highest BCUT2D eigenvalue weighted by Crippen LogP contribution is 1.79. The van der Waals surface area contributed by atoms with Crippen LogP contribution in [0.3, 0.4) is 0 Å². The Labute approximate surface area is 58.6 Å². The van der Waals surface area contributed by atoms with E-state index in [9.17, 15) is 4.79 Å². The largest absolute Gasteiger partial charge is 0.365 e. The summed E-state index contributed by atoms with van der Waals surface area (Å²) in [4.78, 5) is 18.5. The molecule has 0 fully saturated rings. The summed E-state index contributed by atoms with van der Waals surface area (Å²) in [6.07, 6.45) is 1.04. The van der Waals surface area contributed by atoms with Crippen molar-refractivity contribution in [2.45, 2.75) is 6.92 Å². The van der Waals surface area contributed by atoms with Gasteiger partial charge in [-0.3, -0.25) is 4.89 Å². The van der Waals surface area contributed by atoms with Crippen molar-refractivity contribution in [2.75, 3.05) is 6.61 Å². The van der Waals surface area contributed by atoms with E-state index in [-0.39, 0.29) is 11.0 Å². The molecule has 0 saturated heterocycles. The average Bonchev–Trinajstić information content (AvgIpc) is 1.83. The highest BCUT2D eigenvalue weighted by atomic mass is 28.1. The normalized spacial score (nSPS) is 7.22. The maximum Gasteiger partial charge on any atom is 0.365 e. The van der Waals surface area contributed by atoms with Crippen LogP contribution in [0.5, 0.6) is 0 Å². The molecule has 0 saturated carbocycles. The van der Waals surface area contributed by atoms with Crippen molar-refractivity contribution < 1.29 is 14.6 Å². The zero-order chi connectivity index (χ0) is 6.41. The van der Waals surface area contributed by atoms with E-state index < -0.39 is 5.97 Å². The number of carbonyl (C=O) groups is 1. The van der Waals surface area contributed by atoms with Crippen LogP contribution in [0.1, 0.15) is 6.92 Å². The monoisotopic (exact) mass is 148 g/mol. The Morgan fingerprint density at radius 1 is 1.78 bits per heavy atom. The number of carbonyl (C=O) groups excluding carboxylic acids is 1. The Balaban J connectivity index is 0. The summed E-state index contributed by atoms with van der Waals surface area (Å²) in [6.45, 7) is 5.24. The average molecular weight is 148 g/mol. The fourth-order valence-electron chi connectivity index (χ4n) is 0.151. The van der Waals surface area contributed by atoms with Gasteiger partial charge in [0, 0.05) is 6.08 Å². The van der Waals surface area contributed by atoms with Crippen LogP contribution < -0.4 is 0 Å². The summed E-state index contributed by atoms with van der Waals surface area (Å²) in [5, 5.41) is 0. The third kappa shape index (κ3) is 7.39. The van der Waals surface area contributed by atoms with Crippen molar-refractivity contribution in [3.05, 3.63) is 12.7 Å². The van der Waals surface area contributed by atoms with Gasteiger partial charge in [-0.05, 0) is 17.9 Å². The zero-order valence-electron chi connectivity index (χ0n) is 4.72. The minimum absolute atomic E-state index is 0. The van der Waals surface area contributed by atoms with E-state index in [0.29, 0.717) is 6.61 Å². The smallest absolute Gasteiger partial charge is 0.294 e. The second-order valence-corrected chi connectivity index (χ2v) is 1.01. The number of hydrogen-bond donors (Lipinski definition) is 0. The topological polar surface area (TPSA) is 35.5 Å². The van der Waals surface area contributed by atoms with E-state index >= 15 is 0 Å². The molecular formula is C5H12O3Si. The van der Waals surface area contributed by atoms with Gasteiger partial charge in [0.15, 0.2) is 0 Å². The first-order chi connectivity index (χ1) is 3.81. The minimum Gasteiger partial charge on any atom is -0.294 e. The SMILES string of the molecule is C=CC(=O)OOCC.[SiH4]. The molecular weight excluding hydrogens is 136 g/mol.